The minimum atomic E-state index is -0.857. The molecular weight excluding hydrogens is 272 g/mol. The summed E-state index contributed by atoms with van der Waals surface area (Å²) < 4.78 is 1.76. The molecular formula is C14H22N4O3. The maximum Gasteiger partial charge on any atom is 0.317 e. The van der Waals surface area contributed by atoms with Crippen molar-refractivity contribution >= 4 is 12.0 Å². The molecule has 2 N–H and O–H groups in total. The molecule has 7 heteroatoms. The zero-order chi connectivity index (χ0) is 15.2. The second kappa shape index (κ2) is 7.10. The fraction of sp³-hybridized carbons (Fsp3) is 0.643. The second-order valence-electron chi connectivity index (χ2n) is 5.52. The van der Waals surface area contributed by atoms with E-state index in [0.717, 1.165) is 19.3 Å². The molecule has 0 aromatic carbocycles. The predicted octanol–water partition coefficient (Wildman–Crippen LogP) is 1.31. The second-order valence-corrected chi connectivity index (χ2v) is 5.52. The minimum absolute atomic E-state index is 0.0148. The Hall–Kier alpha value is -2.05. The highest BCUT2D eigenvalue weighted by Crippen LogP contribution is 2.19. The number of hydrogen-bond donors (Lipinski definition) is 2. The topological polar surface area (TPSA) is 87.5 Å². The average Bonchev–Trinajstić information content (AvgIpc) is 2.91. The number of likely N-dealkylation sites (tertiary alicyclic amines) is 1. The van der Waals surface area contributed by atoms with E-state index < -0.39 is 5.97 Å². The van der Waals surface area contributed by atoms with Crippen molar-refractivity contribution in [3.8, 4) is 0 Å². The molecule has 1 aliphatic heterocycles. The van der Waals surface area contributed by atoms with Gasteiger partial charge < -0.3 is 15.3 Å². The number of aliphatic carboxylic acids is 1. The number of amides is 2. The molecule has 0 spiro atoms. The standard InChI is InChI=1S/C14H22N4O3/c1-11(10-17-7-4-6-15-17)16-14(21)18-8-3-2-5-12(18)9-13(19)20/h4,6-7,11-12H,2-3,5,8-10H2,1H3,(H,16,21)(H,19,20). The first-order valence-corrected chi connectivity index (χ1v) is 7.32. The SMILES string of the molecule is CC(Cn1cccn1)NC(=O)N1CCCCC1CC(=O)O. The van der Waals surface area contributed by atoms with Gasteiger partial charge in [-0.25, -0.2) is 4.79 Å². The van der Waals surface area contributed by atoms with E-state index in [1.54, 1.807) is 15.8 Å². The molecule has 0 bridgehead atoms. The quantitative estimate of drug-likeness (QED) is 0.857. The van der Waals surface area contributed by atoms with Crippen LogP contribution in [-0.2, 0) is 11.3 Å². The van der Waals surface area contributed by atoms with Gasteiger partial charge in [0, 0.05) is 31.0 Å². The molecule has 116 valence electrons. The van der Waals surface area contributed by atoms with Crippen LogP contribution >= 0.6 is 0 Å². The number of rotatable bonds is 5. The van der Waals surface area contributed by atoms with Gasteiger partial charge in [0.25, 0.3) is 0 Å². The third kappa shape index (κ3) is 4.47. The van der Waals surface area contributed by atoms with E-state index in [4.69, 9.17) is 5.11 Å². The van der Waals surface area contributed by atoms with E-state index in [0.29, 0.717) is 13.1 Å². The predicted molar refractivity (Wildman–Crippen MR) is 76.8 cm³/mol. The van der Waals surface area contributed by atoms with Gasteiger partial charge in [-0.15, -0.1) is 0 Å². The van der Waals surface area contributed by atoms with Crippen LogP contribution in [0.25, 0.3) is 0 Å². The number of piperidine rings is 1. The lowest BCUT2D eigenvalue weighted by molar-refractivity contribution is -0.138. The van der Waals surface area contributed by atoms with Crippen LogP contribution in [-0.4, -0.2) is 50.4 Å². The molecule has 2 unspecified atom stereocenters. The fourth-order valence-electron chi connectivity index (χ4n) is 2.71. The number of nitrogens with zero attached hydrogens (tertiary/aromatic N) is 3. The number of carboxylic acids is 1. The fourth-order valence-corrected chi connectivity index (χ4v) is 2.71. The number of carbonyl (C=O) groups is 2. The largest absolute Gasteiger partial charge is 0.481 e. The molecule has 1 aromatic rings. The lowest BCUT2D eigenvalue weighted by atomic mass is 10.00. The summed E-state index contributed by atoms with van der Waals surface area (Å²) in [4.78, 5) is 24.9. The van der Waals surface area contributed by atoms with Gasteiger partial charge >= 0.3 is 12.0 Å². The molecule has 7 nitrogen and oxygen atoms in total. The minimum Gasteiger partial charge on any atom is -0.481 e. The van der Waals surface area contributed by atoms with Crippen LogP contribution in [0.1, 0.15) is 32.6 Å². The van der Waals surface area contributed by atoms with Crippen molar-refractivity contribution in [2.24, 2.45) is 0 Å². The van der Waals surface area contributed by atoms with E-state index in [-0.39, 0.29) is 24.5 Å². The Balaban J connectivity index is 1.89. The lowest BCUT2D eigenvalue weighted by Gasteiger charge is -2.35. The smallest absolute Gasteiger partial charge is 0.317 e. The highest BCUT2D eigenvalue weighted by atomic mass is 16.4. The Morgan fingerprint density at radius 3 is 2.95 bits per heavy atom. The number of carboxylic acid groups (broad SMARTS) is 1. The summed E-state index contributed by atoms with van der Waals surface area (Å²) in [7, 11) is 0. The molecule has 0 aliphatic carbocycles. The Bertz CT molecular complexity index is 475. The number of nitrogens with one attached hydrogen (secondary N) is 1. The van der Waals surface area contributed by atoms with Crippen molar-refractivity contribution in [3.05, 3.63) is 18.5 Å². The maximum absolute atomic E-state index is 12.3. The molecule has 1 saturated heterocycles. The number of hydrogen-bond acceptors (Lipinski definition) is 3. The zero-order valence-corrected chi connectivity index (χ0v) is 12.2. The summed E-state index contributed by atoms with van der Waals surface area (Å²) in [6.07, 6.45) is 6.22. The van der Waals surface area contributed by atoms with Gasteiger partial charge in [0.1, 0.15) is 0 Å². The van der Waals surface area contributed by atoms with Crippen LogP contribution in [0.2, 0.25) is 0 Å². The molecule has 1 fully saturated rings. The van der Waals surface area contributed by atoms with Crippen LogP contribution < -0.4 is 5.32 Å². The maximum atomic E-state index is 12.3. The van der Waals surface area contributed by atoms with Crippen molar-refractivity contribution in [2.75, 3.05) is 6.54 Å². The summed E-state index contributed by atoms with van der Waals surface area (Å²) in [5.74, 6) is -0.857. The van der Waals surface area contributed by atoms with Crippen molar-refractivity contribution in [2.45, 2.75) is 51.2 Å². The highest BCUT2D eigenvalue weighted by Gasteiger charge is 2.28. The third-order valence-electron chi connectivity index (χ3n) is 3.69. The lowest BCUT2D eigenvalue weighted by Crippen LogP contribution is -2.51. The van der Waals surface area contributed by atoms with E-state index in [1.165, 1.54) is 0 Å². The molecule has 1 aliphatic rings. The molecule has 0 saturated carbocycles. The zero-order valence-electron chi connectivity index (χ0n) is 12.2. The normalized spacial score (nSPS) is 20.0. The molecule has 1 aromatic heterocycles. The first-order valence-electron chi connectivity index (χ1n) is 7.32. The summed E-state index contributed by atoms with van der Waals surface area (Å²) in [6.45, 7) is 3.13. The van der Waals surface area contributed by atoms with Crippen molar-refractivity contribution < 1.29 is 14.7 Å². The monoisotopic (exact) mass is 294 g/mol. The Morgan fingerprint density at radius 1 is 1.48 bits per heavy atom. The molecule has 0 radical (unpaired) electrons. The molecule has 2 rings (SSSR count). The van der Waals surface area contributed by atoms with Crippen LogP contribution in [0, 0.1) is 0 Å². The van der Waals surface area contributed by atoms with Gasteiger partial charge in [0.15, 0.2) is 0 Å². The van der Waals surface area contributed by atoms with Crippen LogP contribution in [0.3, 0.4) is 0 Å². The summed E-state index contributed by atoms with van der Waals surface area (Å²) in [5, 5.41) is 16.0. The van der Waals surface area contributed by atoms with Gasteiger partial charge in [-0.2, -0.15) is 5.10 Å². The summed E-state index contributed by atoms with van der Waals surface area (Å²) in [5.41, 5.74) is 0. The highest BCUT2D eigenvalue weighted by molar-refractivity contribution is 5.76. The van der Waals surface area contributed by atoms with Gasteiger partial charge in [-0.1, -0.05) is 0 Å². The molecule has 2 atom stereocenters. The number of aromatic nitrogens is 2. The van der Waals surface area contributed by atoms with Gasteiger partial charge in [0.05, 0.1) is 13.0 Å². The Labute approximate surface area is 123 Å². The molecule has 2 amide bonds. The van der Waals surface area contributed by atoms with E-state index in [9.17, 15) is 9.59 Å². The average molecular weight is 294 g/mol. The van der Waals surface area contributed by atoms with Gasteiger partial charge in [-0.3, -0.25) is 9.48 Å². The Kier molecular flexibility index (Phi) is 5.19. The summed E-state index contributed by atoms with van der Waals surface area (Å²) >= 11 is 0. The summed E-state index contributed by atoms with van der Waals surface area (Å²) in [6, 6.07) is 1.39. The van der Waals surface area contributed by atoms with E-state index >= 15 is 0 Å². The van der Waals surface area contributed by atoms with Crippen molar-refractivity contribution in [3.63, 3.8) is 0 Å². The van der Waals surface area contributed by atoms with Crippen LogP contribution in [0.5, 0.6) is 0 Å². The number of urea groups is 1. The van der Waals surface area contributed by atoms with Crippen LogP contribution in [0.15, 0.2) is 18.5 Å². The van der Waals surface area contributed by atoms with E-state index in [1.807, 2.05) is 19.2 Å². The molecule has 2 heterocycles. The number of carbonyl (C=O) groups excluding carboxylic acids is 1. The Morgan fingerprint density at radius 2 is 2.29 bits per heavy atom. The van der Waals surface area contributed by atoms with Crippen molar-refractivity contribution in [1.29, 1.82) is 0 Å². The molecule has 21 heavy (non-hydrogen) atoms. The van der Waals surface area contributed by atoms with Gasteiger partial charge in [-0.05, 0) is 32.3 Å². The first-order chi connectivity index (χ1) is 10.1. The van der Waals surface area contributed by atoms with Crippen molar-refractivity contribution in [1.82, 2.24) is 20.0 Å². The van der Waals surface area contributed by atoms with Crippen LogP contribution in [0.4, 0.5) is 4.79 Å². The van der Waals surface area contributed by atoms with Gasteiger partial charge in [0.2, 0.25) is 0 Å². The first kappa shape index (κ1) is 15.3. The van der Waals surface area contributed by atoms with E-state index in [2.05, 4.69) is 10.4 Å². The third-order valence-corrected chi connectivity index (χ3v) is 3.69.